The van der Waals surface area contributed by atoms with Crippen LogP contribution in [0.5, 0.6) is 5.88 Å². The molecule has 4 nitrogen and oxygen atoms in total. The molecule has 1 aromatic carbocycles. The second kappa shape index (κ2) is 3.59. The van der Waals surface area contributed by atoms with Gasteiger partial charge in [-0.05, 0) is 12.1 Å². The van der Waals surface area contributed by atoms with E-state index in [1.807, 2.05) is 43.4 Å². The summed E-state index contributed by atoms with van der Waals surface area (Å²) in [4.78, 5) is 8.57. The molecule has 3 rings (SSSR count). The Labute approximate surface area is 98.2 Å². The van der Waals surface area contributed by atoms with Crippen molar-refractivity contribution in [2.75, 3.05) is 0 Å². The summed E-state index contributed by atoms with van der Waals surface area (Å²) < 4.78 is 1.76. The van der Waals surface area contributed by atoms with Gasteiger partial charge in [0.1, 0.15) is 5.69 Å². The first kappa shape index (κ1) is 9.84. The van der Waals surface area contributed by atoms with Crippen molar-refractivity contribution in [1.29, 1.82) is 0 Å². The summed E-state index contributed by atoms with van der Waals surface area (Å²) in [6.45, 7) is 0. The van der Waals surface area contributed by atoms with E-state index in [4.69, 9.17) is 0 Å². The van der Waals surface area contributed by atoms with E-state index in [0.717, 1.165) is 16.6 Å². The van der Waals surface area contributed by atoms with Crippen LogP contribution in [0.15, 0.2) is 42.6 Å². The van der Waals surface area contributed by atoms with Gasteiger partial charge in [0.25, 0.3) is 0 Å². The number of benzene rings is 1. The van der Waals surface area contributed by atoms with E-state index in [0.29, 0.717) is 5.82 Å². The Kier molecular flexibility index (Phi) is 2.08. The molecule has 0 saturated carbocycles. The lowest BCUT2D eigenvalue weighted by molar-refractivity contribution is 0.456. The van der Waals surface area contributed by atoms with Crippen LogP contribution in [0, 0.1) is 0 Å². The lowest BCUT2D eigenvalue weighted by Gasteiger charge is -2.02. The molecule has 84 valence electrons. The van der Waals surface area contributed by atoms with Crippen LogP contribution in [0.25, 0.3) is 22.4 Å². The highest BCUT2D eigenvalue weighted by Crippen LogP contribution is 2.21. The molecular weight excluding hydrogens is 214 g/mol. The van der Waals surface area contributed by atoms with Crippen LogP contribution in [-0.4, -0.2) is 19.6 Å². The number of rotatable bonds is 1. The van der Waals surface area contributed by atoms with Crippen LogP contribution in [0.4, 0.5) is 0 Å². The molecule has 0 aliphatic carbocycles. The number of fused-ring (bicyclic) bond motifs is 1. The van der Waals surface area contributed by atoms with Gasteiger partial charge in [0.15, 0.2) is 5.82 Å². The maximum absolute atomic E-state index is 9.35. The molecule has 0 fully saturated rings. The normalized spacial score (nSPS) is 10.9. The second-order valence-corrected chi connectivity index (χ2v) is 3.92. The number of imidazole rings is 1. The lowest BCUT2D eigenvalue weighted by Crippen LogP contribution is -1.93. The maximum atomic E-state index is 9.35. The number of nitrogens with zero attached hydrogens (tertiary/aromatic N) is 3. The van der Waals surface area contributed by atoms with Crippen molar-refractivity contribution in [2.45, 2.75) is 0 Å². The van der Waals surface area contributed by atoms with Crippen LogP contribution in [-0.2, 0) is 7.05 Å². The largest absolute Gasteiger partial charge is 0.492 e. The van der Waals surface area contributed by atoms with Crippen molar-refractivity contribution in [1.82, 2.24) is 14.5 Å². The van der Waals surface area contributed by atoms with Gasteiger partial charge in [0.2, 0.25) is 5.88 Å². The number of aromatic hydroxyl groups is 1. The summed E-state index contributed by atoms with van der Waals surface area (Å²) >= 11 is 0. The average molecular weight is 225 g/mol. The summed E-state index contributed by atoms with van der Waals surface area (Å²) in [5.74, 6) is 0.672. The zero-order chi connectivity index (χ0) is 11.8. The van der Waals surface area contributed by atoms with Gasteiger partial charge in [0, 0.05) is 12.4 Å². The Morgan fingerprint density at radius 1 is 1.06 bits per heavy atom. The van der Waals surface area contributed by atoms with E-state index in [-0.39, 0.29) is 5.88 Å². The zero-order valence-corrected chi connectivity index (χ0v) is 9.33. The number of pyridine rings is 1. The summed E-state index contributed by atoms with van der Waals surface area (Å²) in [5, 5.41) is 10.4. The number of hydrogen-bond donors (Lipinski definition) is 1. The molecule has 0 aliphatic heterocycles. The SMILES string of the molecule is Cn1cc(O)nc1-c1ccc2ccccc2n1. The van der Waals surface area contributed by atoms with Crippen molar-refractivity contribution < 1.29 is 5.11 Å². The maximum Gasteiger partial charge on any atom is 0.229 e. The molecule has 17 heavy (non-hydrogen) atoms. The molecule has 2 heterocycles. The van der Waals surface area contributed by atoms with Gasteiger partial charge >= 0.3 is 0 Å². The molecule has 0 saturated heterocycles. The summed E-state index contributed by atoms with van der Waals surface area (Å²) in [6, 6.07) is 11.8. The topological polar surface area (TPSA) is 50.9 Å². The first-order chi connectivity index (χ1) is 8.24. The lowest BCUT2D eigenvalue weighted by atomic mass is 10.2. The zero-order valence-electron chi connectivity index (χ0n) is 9.33. The van der Waals surface area contributed by atoms with Crippen molar-refractivity contribution >= 4 is 10.9 Å². The Morgan fingerprint density at radius 2 is 1.88 bits per heavy atom. The number of hydrogen-bond acceptors (Lipinski definition) is 3. The molecular formula is C13H11N3O. The highest BCUT2D eigenvalue weighted by atomic mass is 16.3. The van der Waals surface area contributed by atoms with Gasteiger partial charge in [-0.1, -0.05) is 24.3 Å². The average Bonchev–Trinajstić information content (AvgIpc) is 2.68. The summed E-state index contributed by atoms with van der Waals surface area (Å²) in [6.07, 6.45) is 1.56. The number of aromatic nitrogens is 3. The quantitative estimate of drug-likeness (QED) is 0.691. The van der Waals surface area contributed by atoms with E-state index in [1.54, 1.807) is 10.8 Å². The highest BCUT2D eigenvalue weighted by Gasteiger charge is 2.08. The van der Waals surface area contributed by atoms with E-state index >= 15 is 0 Å². The smallest absolute Gasteiger partial charge is 0.229 e. The molecule has 0 spiro atoms. The van der Waals surface area contributed by atoms with Crippen LogP contribution < -0.4 is 0 Å². The molecule has 0 amide bonds. The third-order valence-corrected chi connectivity index (χ3v) is 2.69. The molecule has 0 unspecified atom stereocenters. The predicted molar refractivity (Wildman–Crippen MR) is 65.6 cm³/mol. The van der Waals surface area contributed by atoms with Crippen molar-refractivity contribution in [3.63, 3.8) is 0 Å². The van der Waals surface area contributed by atoms with Gasteiger partial charge in [0.05, 0.1) is 11.7 Å². The molecule has 1 N–H and O–H groups in total. The minimum Gasteiger partial charge on any atom is -0.492 e. The van der Waals surface area contributed by atoms with Crippen LogP contribution in [0.2, 0.25) is 0 Å². The van der Waals surface area contributed by atoms with Gasteiger partial charge in [-0.25, -0.2) is 4.98 Å². The second-order valence-electron chi connectivity index (χ2n) is 3.92. The fourth-order valence-electron chi connectivity index (χ4n) is 1.88. The summed E-state index contributed by atoms with van der Waals surface area (Å²) in [7, 11) is 1.83. The minimum atomic E-state index is 0.0115. The van der Waals surface area contributed by atoms with Crippen molar-refractivity contribution in [3.8, 4) is 17.4 Å². The third-order valence-electron chi connectivity index (χ3n) is 2.69. The highest BCUT2D eigenvalue weighted by molar-refractivity contribution is 5.80. The predicted octanol–water partition coefficient (Wildman–Crippen LogP) is 2.34. The van der Waals surface area contributed by atoms with Gasteiger partial charge in [-0.15, -0.1) is 0 Å². The summed E-state index contributed by atoms with van der Waals surface area (Å²) in [5.41, 5.74) is 1.68. The van der Waals surface area contributed by atoms with E-state index < -0.39 is 0 Å². The first-order valence-electron chi connectivity index (χ1n) is 5.32. The Balaban J connectivity index is 2.21. The molecule has 2 aromatic heterocycles. The fourth-order valence-corrected chi connectivity index (χ4v) is 1.88. The van der Waals surface area contributed by atoms with Crippen LogP contribution in [0.3, 0.4) is 0 Å². The van der Waals surface area contributed by atoms with Crippen LogP contribution in [0.1, 0.15) is 0 Å². The molecule has 0 bridgehead atoms. The minimum absolute atomic E-state index is 0.0115. The fraction of sp³-hybridized carbons (Fsp3) is 0.0769. The van der Waals surface area contributed by atoms with Crippen molar-refractivity contribution in [3.05, 3.63) is 42.6 Å². The number of para-hydroxylation sites is 1. The van der Waals surface area contributed by atoms with Gasteiger partial charge < -0.3 is 9.67 Å². The Morgan fingerprint density at radius 3 is 2.65 bits per heavy atom. The molecule has 3 aromatic rings. The van der Waals surface area contributed by atoms with Crippen molar-refractivity contribution in [2.24, 2.45) is 7.05 Å². The Hall–Kier alpha value is -2.36. The van der Waals surface area contributed by atoms with E-state index in [2.05, 4.69) is 9.97 Å². The first-order valence-corrected chi connectivity index (χ1v) is 5.32. The molecule has 0 atom stereocenters. The molecule has 4 heteroatoms. The van der Waals surface area contributed by atoms with Gasteiger partial charge in [-0.2, -0.15) is 4.98 Å². The monoisotopic (exact) mass is 225 g/mol. The number of aryl methyl sites for hydroxylation is 1. The van der Waals surface area contributed by atoms with E-state index in [1.165, 1.54) is 0 Å². The molecule has 0 aliphatic rings. The van der Waals surface area contributed by atoms with Gasteiger partial charge in [-0.3, -0.25) is 0 Å². The van der Waals surface area contributed by atoms with Crippen LogP contribution >= 0.6 is 0 Å². The Bertz CT molecular complexity index is 688. The standard InChI is InChI=1S/C13H11N3O/c1-16-8-12(17)15-13(16)11-7-6-9-4-2-3-5-10(9)14-11/h2-8,17H,1H3. The van der Waals surface area contributed by atoms with E-state index in [9.17, 15) is 5.11 Å². The third kappa shape index (κ3) is 1.63. The molecule has 0 radical (unpaired) electrons.